The molecule has 0 aliphatic heterocycles. The molecule has 0 fully saturated rings. The summed E-state index contributed by atoms with van der Waals surface area (Å²) in [5.74, 6) is 0.0731. The Balaban J connectivity index is 2.25. The van der Waals surface area contributed by atoms with Gasteiger partial charge in [0.15, 0.2) is 0 Å². The van der Waals surface area contributed by atoms with Gasteiger partial charge in [0.1, 0.15) is 23.9 Å². The zero-order valence-electron chi connectivity index (χ0n) is 14.6. The van der Waals surface area contributed by atoms with Crippen molar-refractivity contribution in [1.29, 1.82) is 5.26 Å². The maximum absolute atomic E-state index is 12.5. The molecule has 1 N–H and O–H groups in total. The number of pyridine rings is 1. The molecule has 0 saturated carbocycles. The SMILES string of the molecule is COCc1cc(C)n(CC(=O)Nc2ccc(OC)c(Cl)c2)c(=O)c1C#N. The number of methoxy groups -OCH3 is 2. The monoisotopic (exact) mass is 375 g/mol. The van der Waals surface area contributed by atoms with Crippen molar-refractivity contribution in [1.82, 2.24) is 4.57 Å². The van der Waals surface area contributed by atoms with Gasteiger partial charge in [0.2, 0.25) is 5.91 Å². The molecule has 1 aromatic heterocycles. The molecular formula is C18H18ClN3O4. The molecule has 0 saturated heterocycles. The topological polar surface area (TPSA) is 93.3 Å². The van der Waals surface area contributed by atoms with Crippen molar-refractivity contribution in [3.8, 4) is 11.8 Å². The molecule has 0 atom stereocenters. The number of halogens is 1. The number of benzene rings is 1. The number of aromatic nitrogens is 1. The van der Waals surface area contributed by atoms with E-state index in [9.17, 15) is 14.9 Å². The molecule has 0 unspecified atom stereocenters. The fourth-order valence-corrected chi connectivity index (χ4v) is 2.77. The lowest BCUT2D eigenvalue weighted by atomic mass is 10.1. The van der Waals surface area contributed by atoms with Gasteiger partial charge in [-0.05, 0) is 31.2 Å². The molecule has 1 aromatic carbocycles. The van der Waals surface area contributed by atoms with Crippen LogP contribution in [0.2, 0.25) is 5.02 Å². The molecule has 26 heavy (non-hydrogen) atoms. The molecular weight excluding hydrogens is 358 g/mol. The molecule has 2 aromatic rings. The van der Waals surface area contributed by atoms with Crippen LogP contribution in [0.4, 0.5) is 5.69 Å². The quantitative estimate of drug-likeness (QED) is 0.837. The first-order valence-electron chi connectivity index (χ1n) is 7.67. The zero-order valence-corrected chi connectivity index (χ0v) is 15.4. The third-order valence-corrected chi connectivity index (χ3v) is 4.03. The summed E-state index contributed by atoms with van der Waals surface area (Å²) < 4.78 is 11.3. The van der Waals surface area contributed by atoms with Crippen LogP contribution in [0.3, 0.4) is 0 Å². The van der Waals surface area contributed by atoms with Gasteiger partial charge in [-0.25, -0.2) is 0 Å². The average Bonchev–Trinajstić information content (AvgIpc) is 2.59. The summed E-state index contributed by atoms with van der Waals surface area (Å²) in [5.41, 5.74) is 0.975. The summed E-state index contributed by atoms with van der Waals surface area (Å²) in [6.07, 6.45) is 0. The van der Waals surface area contributed by atoms with Crippen molar-refractivity contribution in [2.45, 2.75) is 20.1 Å². The van der Waals surface area contributed by atoms with Gasteiger partial charge in [-0.2, -0.15) is 5.26 Å². The van der Waals surface area contributed by atoms with Crippen LogP contribution >= 0.6 is 11.6 Å². The smallest absolute Gasteiger partial charge is 0.269 e. The van der Waals surface area contributed by atoms with E-state index in [1.165, 1.54) is 18.8 Å². The molecule has 0 spiro atoms. The van der Waals surface area contributed by atoms with Gasteiger partial charge < -0.3 is 19.4 Å². The number of nitrogens with one attached hydrogen (secondary N) is 1. The highest BCUT2D eigenvalue weighted by molar-refractivity contribution is 6.32. The van der Waals surface area contributed by atoms with Crippen molar-refractivity contribution in [2.75, 3.05) is 19.5 Å². The largest absolute Gasteiger partial charge is 0.495 e. The number of ether oxygens (including phenoxy) is 2. The van der Waals surface area contributed by atoms with Crippen molar-refractivity contribution in [3.05, 3.63) is 56.5 Å². The van der Waals surface area contributed by atoms with Crippen LogP contribution in [0.25, 0.3) is 0 Å². The number of carbonyl (C=O) groups excluding carboxylic acids is 1. The molecule has 1 amide bonds. The molecule has 136 valence electrons. The van der Waals surface area contributed by atoms with Crippen molar-refractivity contribution < 1.29 is 14.3 Å². The van der Waals surface area contributed by atoms with E-state index in [1.807, 2.05) is 6.07 Å². The first kappa shape index (κ1) is 19.5. The second-order valence-electron chi connectivity index (χ2n) is 5.52. The molecule has 2 rings (SSSR count). The zero-order chi connectivity index (χ0) is 19.3. The molecule has 8 heteroatoms. The molecule has 0 bridgehead atoms. The Morgan fingerprint density at radius 2 is 2.08 bits per heavy atom. The Morgan fingerprint density at radius 3 is 2.65 bits per heavy atom. The maximum Gasteiger partial charge on any atom is 0.269 e. The van der Waals surface area contributed by atoms with Gasteiger partial charge >= 0.3 is 0 Å². The normalized spacial score (nSPS) is 10.3. The van der Waals surface area contributed by atoms with Crippen LogP contribution in [0.1, 0.15) is 16.8 Å². The van der Waals surface area contributed by atoms with Crippen molar-refractivity contribution in [3.63, 3.8) is 0 Å². The lowest BCUT2D eigenvalue weighted by molar-refractivity contribution is -0.116. The molecule has 7 nitrogen and oxygen atoms in total. The van der Waals surface area contributed by atoms with E-state index in [1.54, 1.807) is 31.2 Å². The number of nitrogens with zero attached hydrogens (tertiary/aromatic N) is 2. The van der Waals surface area contributed by atoms with E-state index in [-0.39, 0.29) is 18.7 Å². The number of amides is 1. The summed E-state index contributed by atoms with van der Waals surface area (Å²) in [4.78, 5) is 24.8. The molecule has 0 radical (unpaired) electrons. The lowest BCUT2D eigenvalue weighted by Crippen LogP contribution is -2.31. The van der Waals surface area contributed by atoms with Crippen LogP contribution in [0.5, 0.6) is 5.75 Å². The van der Waals surface area contributed by atoms with Gasteiger partial charge in [-0.1, -0.05) is 11.6 Å². The van der Waals surface area contributed by atoms with Gasteiger partial charge in [-0.3, -0.25) is 9.59 Å². The average molecular weight is 376 g/mol. The van der Waals surface area contributed by atoms with Crippen LogP contribution < -0.4 is 15.6 Å². The molecule has 0 aliphatic rings. The van der Waals surface area contributed by atoms with Crippen molar-refractivity contribution >= 4 is 23.2 Å². The number of nitriles is 1. The third-order valence-electron chi connectivity index (χ3n) is 3.74. The summed E-state index contributed by atoms with van der Waals surface area (Å²) in [7, 11) is 2.98. The van der Waals surface area contributed by atoms with Gasteiger partial charge in [-0.15, -0.1) is 0 Å². The second kappa shape index (κ2) is 8.52. The Bertz CT molecular complexity index is 931. The van der Waals surface area contributed by atoms with E-state index < -0.39 is 11.5 Å². The van der Waals surface area contributed by atoms with E-state index >= 15 is 0 Å². The maximum atomic E-state index is 12.5. The number of hydrogen-bond acceptors (Lipinski definition) is 5. The second-order valence-corrected chi connectivity index (χ2v) is 5.93. The Labute approximate surface area is 155 Å². The van der Waals surface area contributed by atoms with Gasteiger partial charge in [0.25, 0.3) is 5.56 Å². The fraction of sp³-hybridized carbons (Fsp3) is 0.278. The van der Waals surface area contributed by atoms with Crippen LogP contribution in [-0.2, 0) is 22.7 Å². The first-order valence-corrected chi connectivity index (χ1v) is 8.04. The number of rotatable bonds is 6. The Hall–Kier alpha value is -2.82. The predicted molar refractivity (Wildman–Crippen MR) is 97.5 cm³/mol. The summed E-state index contributed by atoms with van der Waals surface area (Å²) in [6.45, 7) is 1.62. The number of hydrogen-bond donors (Lipinski definition) is 1. The van der Waals surface area contributed by atoms with Crippen LogP contribution in [0, 0.1) is 18.3 Å². The van der Waals surface area contributed by atoms with E-state index in [2.05, 4.69) is 5.32 Å². The Morgan fingerprint density at radius 1 is 1.35 bits per heavy atom. The summed E-state index contributed by atoms with van der Waals surface area (Å²) in [5, 5.41) is 12.3. The van der Waals surface area contributed by atoms with E-state index in [0.29, 0.717) is 27.7 Å². The highest BCUT2D eigenvalue weighted by atomic mass is 35.5. The summed E-state index contributed by atoms with van der Waals surface area (Å²) in [6, 6.07) is 8.37. The van der Waals surface area contributed by atoms with Crippen LogP contribution in [-0.4, -0.2) is 24.7 Å². The van der Waals surface area contributed by atoms with Gasteiger partial charge in [0.05, 0.1) is 18.7 Å². The molecule has 1 heterocycles. The highest BCUT2D eigenvalue weighted by Crippen LogP contribution is 2.27. The summed E-state index contributed by atoms with van der Waals surface area (Å²) >= 11 is 6.03. The van der Waals surface area contributed by atoms with E-state index in [0.717, 1.165) is 0 Å². The standard InChI is InChI=1S/C18H18ClN3O4/c1-11-6-12(10-25-2)14(8-20)18(24)22(11)9-17(23)21-13-4-5-16(26-3)15(19)7-13/h4-7H,9-10H2,1-3H3,(H,21,23). The van der Waals surface area contributed by atoms with Crippen molar-refractivity contribution in [2.24, 2.45) is 0 Å². The minimum absolute atomic E-state index is 0.0299. The Kier molecular flexibility index (Phi) is 6.39. The highest BCUT2D eigenvalue weighted by Gasteiger charge is 2.15. The minimum atomic E-state index is -0.525. The van der Waals surface area contributed by atoms with Crippen LogP contribution in [0.15, 0.2) is 29.1 Å². The number of carbonyl (C=O) groups is 1. The van der Waals surface area contributed by atoms with E-state index in [4.69, 9.17) is 21.1 Å². The number of aryl methyl sites for hydroxylation is 1. The fourth-order valence-electron chi connectivity index (χ4n) is 2.51. The molecule has 0 aliphatic carbocycles. The minimum Gasteiger partial charge on any atom is -0.495 e. The van der Waals surface area contributed by atoms with Gasteiger partial charge in [0, 0.05) is 24.1 Å². The third kappa shape index (κ3) is 4.23. The predicted octanol–water partition coefficient (Wildman–Crippen LogP) is 2.48. The lowest BCUT2D eigenvalue weighted by Gasteiger charge is -2.13. The number of anilines is 1. The first-order chi connectivity index (χ1) is 12.4.